The Bertz CT molecular complexity index is 298. The molecule has 0 aromatic rings. The van der Waals surface area contributed by atoms with Gasteiger partial charge in [0, 0.05) is 19.6 Å². The van der Waals surface area contributed by atoms with Crippen LogP contribution in [-0.2, 0) is 9.53 Å². The van der Waals surface area contributed by atoms with E-state index < -0.39 is 5.54 Å². The lowest BCUT2D eigenvalue weighted by molar-refractivity contribution is -0.148. The van der Waals surface area contributed by atoms with Crippen molar-refractivity contribution in [2.24, 2.45) is 5.92 Å². The highest BCUT2D eigenvalue weighted by Crippen LogP contribution is 2.17. The molecular weight excluding hydrogens is 242 g/mol. The van der Waals surface area contributed by atoms with Crippen LogP contribution in [0.4, 0.5) is 0 Å². The van der Waals surface area contributed by atoms with Crippen LogP contribution in [0.15, 0.2) is 0 Å². The number of esters is 1. The van der Waals surface area contributed by atoms with Gasteiger partial charge in [0.05, 0.1) is 7.11 Å². The van der Waals surface area contributed by atoms with Gasteiger partial charge in [0.15, 0.2) is 0 Å². The van der Waals surface area contributed by atoms with Gasteiger partial charge in [-0.15, -0.1) is 0 Å². The second-order valence-corrected chi connectivity index (χ2v) is 5.97. The summed E-state index contributed by atoms with van der Waals surface area (Å²) in [5.74, 6) is 0.517. The molecule has 0 bridgehead atoms. The number of likely N-dealkylation sites (N-methyl/N-ethyl adjacent to an activating group) is 2. The molecule has 0 aromatic heterocycles. The predicted octanol–water partition coefficient (Wildman–Crippen LogP) is 0.411. The maximum Gasteiger partial charge on any atom is 0.327 e. The molecule has 2 atom stereocenters. The molecule has 5 heteroatoms. The molecule has 1 aliphatic heterocycles. The van der Waals surface area contributed by atoms with Crippen LogP contribution in [0.3, 0.4) is 0 Å². The van der Waals surface area contributed by atoms with Crippen LogP contribution >= 0.6 is 0 Å². The van der Waals surface area contributed by atoms with E-state index in [1.807, 2.05) is 13.8 Å². The summed E-state index contributed by atoms with van der Waals surface area (Å²) in [7, 11) is 5.69. The number of hydrogen-bond donors (Lipinski definition) is 1. The molecule has 5 nitrogen and oxygen atoms in total. The van der Waals surface area contributed by atoms with E-state index in [0.717, 1.165) is 19.6 Å². The Morgan fingerprint density at radius 3 is 2.74 bits per heavy atom. The highest BCUT2D eigenvalue weighted by Gasteiger charge is 2.35. The van der Waals surface area contributed by atoms with Crippen molar-refractivity contribution in [2.45, 2.75) is 25.8 Å². The van der Waals surface area contributed by atoms with Gasteiger partial charge >= 0.3 is 5.97 Å². The monoisotopic (exact) mass is 271 g/mol. The summed E-state index contributed by atoms with van der Waals surface area (Å²) in [4.78, 5) is 16.5. The van der Waals surface area contributed by atoms with Gasteiger partial charge in [-0.1, -0.05) is 6.92 Å². The van der Waals surface area contributed by atoms with Crippen molar-refractivity contribution in [3.8, 4) is 0 Å². The fraction of sp³-hybridized carbons (Fsp3) is 0.929. The summed E-state index contributed by atoms with van der Waals surface area (Å²) in [5, 5.41) is 3.25. The average molecular weight is 271 g/mol. The van der Waals surface area contributed by atoms with Gasteiger partial charge in [0.1, 0.15) is 5.54 Å². The van der Waals surface area contributed by atoms with E-state index in [0.29, 0.717) is 12.5 Å². The third-order valence-electron chi connectivity index (χ3n) is 3.85. The van der Waals surface area contributed by atoms with Crippen LogP contribution in [0.1, 0.15) is 20.3 Å². The first kappa shape index (κ1) is 16.4. The second kappa shape index (κ2) is 7.22. The molecule has 1 N–H and O–H groups in total. The van der Waals surface area contributed by atoms with Crippen molar-refractivity contribution in [1.82, 2.24) is 15.1 Å². The van der Waals surface area contributed by atoms with Crippen molar-refractivity contribution in [1.29, 1.82) is 0 Å². The molecule has 19 heavy (non-hydrogen) atoms. The predicted molar refractivity (Wildman–Crippen MR) is 77.2 cm³/mol. The average Bonchev–Trinajstić information content (AvgIpc) is 2.73. The Labute approximate surface area is 117 Å². The zero-order valence-electron chi connectivity index (χ0n) is 13.0. The van der Waals surface area contributed by atoms with Crippen molar-refractivity contribution in [3.05, 3.63) is 0 Å². The third kappa shape index (κ3) is 4.75. The first-order valence-electron chi connectivity index (χ1n) is 7.11. The number of nitrogens with one attached hydrogen (secondary N) is 1. The van der Waals surface area contributed by atoms with E-state index >= 15 is 0 Å². The molecule has 0 spiro atoms. The number of carbonyl (C=O) groups is 1. The van der Waals surface area contributed by atoms with E-state index in [1.165, 1.54) is 20.1 Å². The maximum absolute atomic E-state index is 11.9. The van der Waals surface area contributed by atoms with Crippen molar-refractivity contribution >= 4 is 5.97 Å². The van der Waals surface area contributed by atoms with Gasteiger partial charge < -0.3 is 19.9 Å². The van der Waals surface area contributed by atoms with Crippen molar-refractivity contribution < 1.29 is 9.53 Å². The number of hydrogen-bond acceptors (Lipinski definition) is 5. The van der Waals surface area contributed by atoms with E-state index in [1.54, 1.807) is 0 Å². The van der Waals surface area contributed by atoms with E-state index in [9.17, 15) is 4.79 Å². The Balaban J connectivity index is 2.51. The number of methoxy groups -OCH3 is 1. The quantitative estimate of drug-likeness (QED) is 0.680. The molecule has 0 aromatic carbocycles. The van der Waals surface area contributed by atoms with Crippen LogP contribution in [-0.4, -0.2) is 75.2 Å². The van der Waals surface area contributed by atoms with Crippen molar-refractivity contribution in [3.63, 3.8) is 0 Å². The topological polar surface area (TPSA) is 44.8 Å². The molecule has 1 rings (SSSR count). The minimum atomic E-state index is -0.622. The fourth-order valence-electron chi connectivity index (χ4n) is 3.03. The van der Waals surface area contributed by atoms with E-state index in [4.69, 9.17) is 4.74 Å². The maximum atomic E-state index is 11.9. The molecule has 1 saturated heterocycles. The van der Waals surface area contributed by atoms with Crippen LogP contribution < -0.4 is 5.32 Å². The minimum Gasteiger partial charge on any atom is -0.468 e. The summed E-state index contributed by atoms with van der Waals surface area (Å²) in [6, 6.07) is 0. The Morgan fingerprint density at radius 1 is 1.58 bits per heavy atom. The van der Waals surface area contributed by atoms with Gasteiger partial charge in [0.25, 0.3) is 0 Å². The third-order valence-corrected chi connectivity index (χ3v) is 3.85. The molecule has 0 radical (unpaired) electrons. The van der Waals surface area contributed by atoms with Gasteiger partial charge in [0.2, 0.25) is 0 Å². The highest BCUT2D eigenvalue weighted by molar-refractivity contribution is 5.80. The van der Waals surface area contributed by atoms with Crippen LogP contribution in [0.2, 0.25) is 0 Å². The van der Waals surface area contributed by atoms with Gasteiger partial charge in [-0.2, -0.15) is 0 Å². The molecule has 2 unspecified atom stereocenters. The Kier molecular flexibility index (Phi) is 6.23. The normalized spacial score (nSPS) is 23.6. The Morgan fingerprint density at radius 2 is 2.26 bits per heavy atom. The standard InChI is InChI=1S/C14H29N3O2/c1-6-15-14(2,13(18)19-5)11-17(4)10-12-7-8-16(3)9-12/h12,15H,6-11H2,1-5H3. The van der Waals surface area contributed by atoms with E-state index in [2.05, 4.69) is 29.2 Å². The number of likely N-dealkylation sites (tertiary alicyclic amines) is 1. The number of rotatable bonds is 7. The SMILES string of the molecule is CCNC(C)(CN(C)CC1CCN(C)C1)C(=O)OC. The van der Waals surface area contributed by atoms with Gasteiger partial charge in [-0.3, -0.25) is 4.79 Å². The molecule has 112 valence electrons. The Hall–Kier alpha value is -0.650. The van der Waals surface area contributed by atoms with E-state index in [-0.39, 0.29) is 5.97 Å². The summed E-state index contributed by atoms with van der Waals surface area (Å²) in [6.07, 6.45) is 1.25. The molecule has 1 aliphatic rings. The largest absolute Gasteiger partial charge is 0.468 e. The minimum absolute atomic E-state index is 0.190. The first-order chi connectivity index (χ1) is 8.91. The molecule has 1 fully saturated rings. The molecular formula is C14H29N3O2. The second-order valence-electron chi connectivity index (χ2n) is 5.97. The van der Waals surface area contributed by atoms with Gasteiger partial charge in [-0.25, -0.2) is 0 Å². The first-order valence-corrected chi connectivity index (χ1v) is 7.11. The molecule has 1 heterocycles. The fourth-order valence-corrected chi connectivity index (χ4v) is 3.03. The summed E-state index contributed by atoms with van der Waals surface area (Å²) in [6.45, 7) is 8.72. The van der Waals surface area contributed by atoms with Gasteiger partial charge in [-0.05, 0) is 46.4 Å². The molecule has 0 amide bonds. The zero-order valence-corrected chi connectivity index (χ0v) is 13.0. The summed E-state index contributed by atoms with van der Waals surface area (Å²) in [5.41, 5.74) is -0.622. The van der Waals surface area contributed by atoms with Crippen LogP contribution in [0, 0.1) is 5.92 Å². The number of ether oxygens (including phenoxy) is 1. The lowest BCUT2D eigenvalue weighted by Crippen LogP contribution is -2.57. The zero-order chi connectivity index (χ0) is 14.5. The highest BCUT2D eigenvalue weighted by atomic mass is 16.5. The van der Waals surface area contributed by atoms with Crippen LogP contribution in [0.5, 0.6) is 0 Å². The number of carbonyl (C=O) groups excluding carboxylic acids is 1. The smallest absolute Gasteiger partial charge is 0.327 e. The lowest BCUT2D eigenvalue weighted by atomic mass is 10.0. The molecule has 0 saturated carbocycles. The van der Waals surface area contributed by atoms with Crippen LogP contribution in [0.25, 0.3) is 0 Å². The molecule has 0 aliphatic carbocycles. The summed E-state index contributed by atoms with van der Waals surface area (Å²) >= 11 is 0. The van der Waals surface area contributed by atoms with Crippen molar-refractivity contribution in [2.75, 3.05) is 53.9 Å². The summed E-state index contributed by atoms with van der Waals surface area (Å²) < 4.78 is 4.92. The number of nitrogens with zero attached hydrogens (tertiary/aromatic N) is 2. The lowest BCUT2D eigenvalue weighted by Gasteiger charge is -2.33.